The van der Waals surface area contributed by atoms with Crippen LogP contribution < -0.4 is 4.46 Å². The molecule has 0 N–H and O–H groups in total. The zero-order chi connectivity index (χ0) is 14.9. The molecule has 1 unspecified atom stereocenters. The van der Waals surface area contributed by atoms with Gasteiger partial charge < -0.3 is 0 Å². The molecule has 2 aromatic carbocycles. The van der Waals surface area contributed by atoms with Crippen LogP contribution in [0.3, 0.4) is 0 Å². The quantitative estimate of drug-likeness (QED) is 0.697. The second-order valence-electron chi connectivity index (χ2n) is 4.89. The van der Waals surface area contributed by atoms with E-state index in [4.69, 9.17) is 0 Å². The van der Waals surface area contributed by atoms with Crippen LogP contribution in [0.15, 0.2) is 66.7 Å². The third-order valence-electron chi connectivity index (χ3n) is 3.18. The van der Waals surface area contributed by atoms with Crippen LogP contribution in [0.25, 0.3) is 6.08 Å². The Morgan fingerprint density at radius 3 is 2.33 bits per heavy atom. The fourth-order valence-corrected chi connectivity index (χ4v) is 4.02. The molecule has 0 amide bonds. The molecule has 108 valence electrons. The third-order valence-corrected chi connectivity index (χ3v) is 5.61. The number of ketones is 1. The molecule has 0 radical (unpaired) electrons. The molecule has 2 rings (SSSR count). The van der Waals surface area contributed by atoms with Crippen molar-refractivity contribution < 1.29 is 4.79 Å². The molecule has 0 aromatic heterocycles. The summed E-state index contributed by atoms with van der Waals surface area (Å²) in [6, 6.07) is 20.5. The maximum atomic E-state index is 12.1. The molecule has 0 saturated carbocycles. The normalized spacial score (nSPS) is 12.4. The van der Waals surface area contributed by atoms with Gasteiger partial charge in [0.1, 0.15) is 0 Å². The van der Waals surface area contributed by atoms with Gasteiger partial charge in [-0.05, 0) is 0 Å². The third kappa shape index (κ3) is 5.71. The van der Waals surface area contributed by atoms with E-state index in [1.165, 1.54) is 10.0 Å². The van der Waals surface area contributed by atoms with Gasteiger partial charge in [-0.25, -0.2) is 0 Å². The van der Waals surface area contributed by atoms with E-state index in [0.29, 0.717) is 12.2 Å². The molecule has 21 heavy (non-hydrogen) atoms. The van der Waals surface area contributed by atoms with Crippen molar-refractivity contribution in [3.63, 3.8) is 0 Å². The molecule has 2 heteroatoms. The first-order valence-electron chi connectivity index (χ1n) is 7.22. The summed E-state index contributed by atoms with van der Waals surface area (Å²) in [6.07, 6.45) is 5.64. The number of hydrogen-bond donors (Lipinski definition) is 0. The zero-order valence-electron chi connectivity index (χ0n) is 12.2. The Morgan fingerprint density at radius 1 is 1.05 bits per heavy atom. The molecule has 0 aliphatic rings. The minimum atomic E-state index is 0.157. The number of benzene rings is 2. The molecular weight excluding hydrogens is 323 g/mol. The molecule has 0 aliphatic heterocycles. The summed E-state index contributed by atoms with van der Waals surface area (Å²) in [5.74, 6) is 0.372. The number of rotatable bonds is 7. The van der Waals surface area contributed by atoms with Gasteiger partial charge in [0, 0.05) is 0 Å². The van der Waals surface area contributed by atoms with Crippen LogP contribution in [0, 0.1) is 0 Å². The summed E-state index contributed by atoms with van der Waals surface area (Å²) >= 11 is 0.238. The van der Waals surface area contributed by atoms with Crippen molar-refractivity contribution in [2.24, 2.45) is 0 Å². The molecular formula is C19H20OSe. The van der Waals surface area contributed by atoms with E-state index in [0.717, 1.165) is 6.42 Å². The molecule has 0 spiro atoms. The van der Waals surface area contributed by atoms with Crippen LogP contribution in [-0.4, -0.2) is 20.7 Å². The van der Waals surface area contributed by atoms with Crippen LogP contribution >= 0.6 is 0 Å². The van der Waals surface area contributed by atoms with Crippen LogP contribution in [0.5, 0.6) is 0 Å². The summed E-state index contributed by atoms with van der Waals surface area (Å²) in [6.45, 7) is 2.05. The van der Waals surface area contributed by atoms with E-state index >= 15 is 0 Å². The van der Waals surface area contributed by atoms with E-state index in [1.54, 1.807) is 0 Å². The summed E-state index contributed by atoms with van der Waals surface area (Å²) < 4.78 is 1.30. The molecule has 1 atom stereocenters. The topological polar surface area (TPSA) is 17.1 Å². The average Bonchev–Trinajstić information content (AvgIpc) is 2.53. The Balaban J connectivity index is 1.75. The summed E-state index contributed by atoms with van der Waals surface area (Å²) in [4.78, 5) is 12.3. The van der Waals surface area contributed by atoms with Gasteiger partial charge in [0.25, 0.3) is 0 Å². The summed E-state index contributed by atoms with van der Waals surface area (Å²) in [5.41, 5.74) is 1.19. The van der Waals surface area contributed by atoms with E-state index < -0.39 is 0 Å². The number of Topliss-reactive ketones (excluding diaryl/α,β-unsaturated/α-hetero) is 1. The second-order valence-corrected chi connectivity index (χ2v) is 7.86. The van der Waals surface area contributed by atoms with Crippen molar-refractivity contribution in [3.05, 3.63) is 72.3 Å². The monoisotopic (exact) mass is 344 g/mol. The maximum absolute atomic E-state index is 12.1. The van der Waals surface area contributed by atoms with Gasteiger partial charge in [-0.15, -0.1) is 0 Å². The van der Waals surface area contributed by atoms with Crippen molar-refractivity contribution in [3.8, 4) is 0 Å². The van der Waals surface area contributed by atoms with Crippen molar-refractivity contribution in [1.29, 1.82) is 0 Å². The predicted octanol–water partition coefficient (Wildman–Crippen LogP) is 3.89. The van der Waals surface area contributed by atoms with Crippen LogP contribution in [0.2, 0.25) is 4.82 Å². The number of hydrogen-bond acceptors (Lipinski definition) is 1. The van der Waals surface area contributed by atoms with E-state index in [2.05, 4.69) is 43.3 Å². The molecule has 0 bridgehead atoms. The van der Waals surface area contributed by atoms with Gasteiger partial charge in [-0.2, -0.15) is 0 Å². The van der Waals surface area contributed by atoms with Gasteiger partial charge in [0.2, 0.25) is 0 Å². The van der Waals surface area contributed by atoms with E-state index in [-0.39, 0.29) is 19.8 Å². The van der Waals surface area contributed by atoms with Crippen molar-refractivity contribution in [2.75, 3.05) is 0 Å². The first-order valence-corrected chi connectivity index (χ1v) is 9.06. The Morgan fingerprint density at radius 2 is 1.67 bits per heavy atom. The first kappa shape index (κ1) is 15.8. The van der Waals surface area contributed by atoms with Crippen molar-refractivity contribution in [1.82, 2.24) is 0 Å². The van der Waals surface area contributed by atoms with Crippen LogP contribution in [0.1, 0.15) is 25.3 Å². The Hall–Kier alpha value is -1.63. The predicted molar refractivity (Wildman–Crippen MR) is 91.0 cm³/mol. The summed E-state index contributed by atoms with van der Waals surface area (Å²) in [7, 11) is 0. The van der Waals surface area contributed by atoms with Gasteiger partial charge in [-0.3, -0.25) is 0 Å². The Kier molecular flexibility index (Phi) is 6.46. The molecule has 2 aromatic rings. The summed E-state index contributed by atoms with van der Waals surface area (Å²) in [5, 5.41) is 0. The molecule has 0 heterocycles. The second kappa shape index (κ2) is 8.61. The Bertz CT molecular complexity index is 575. The van der Waals surface area contributed by atoms with Crippen LogP contribution in [0.4, 0.5) is 0 Å². The van der Waals surface area contributed by atoms with Crippen molar-refractivity contribution >= 4 is 31.3 Å². The molecule has 1 nitrogen and oxygen atoms in total. The van der Waals surface area contributed by atoms with Gasteiger partial charge in [0.15, 0.2) is 0 Å². The van der Waals surface area contributed by atoms with E-state index in [1.807, 2.05) is 36.4 Å². The van der Waals surface area contributed by atoms with Crippen LogP contribution in [-0.2, 0) is 4.79 Å². The SMILES string of the molecule is CC([Se]c1ccccc1)C(=O)CC/C=C/c1ccccc1. The molecule has 0 saturated heterocycles. The number of carbonyl (C=O) groups is 1. The average molecular weight is 343 g/mol. The molecule has 0 aliphatic carbocycles. The number of carbonyl (C=O) groups excluding carboxylic acids is 1. The minimum absolute atomic E-state index is 0.157. The Labute approximate surface area is 133 Å². The van der Waals surface area contributed by atoms with E-state index in [9.17, 15) is 4.79 Å². The van der Waals surface area contributed by atoms with Gasteiger partial charge >= 0.3 is 133 Å². The van der Waals surface area contributed by atoms with Crippen molar-refractivity contribution in [2.45, 2.75) is 24.6 Å². The zero-order valence-corrected chi connectivity index (χ0v) is 13.9. The standard InChI is InChI=1S/C19H20OSe/c1-16(21-18-13-6-3-7-14-18)19(20)15-9-8-12-17-10-4-2-5-11-17/h2-8,10-14,16H,9,15H2,1H3/b12-8+. The first-order chi connectivity index (χ1) is 10.3. The molecule has 0 fully saturated rings. The van der Waals surface area contributed by atoms with Gasteiger partial charge in [-0.1, -0.05) is 0 Å². The van der Waals surface area contributed by atoms with Gasteiger partial charge in [0.05, 0.1) is 0 Å². The fraction of sp³-hybridized carbons (Fsp3) is 0.211. The number of allylic oxidation sites excluding steroid dienone is 1. The fourth-order valence-electron chi connectivity index (χ4n) is 1.98.